The predicted molar refractivity (Wildman–Crippen MR) is 136 cm³/mol. The predicted octanol–water partition coefficient (Wildman–Crippen LogP) is 5.81. The van der Waals surface area contributed by atoms with Crippen LogP contribution in [-0.4, -0.2) is 51.9 Å². The minimum Gasteiger partial charge on any atom is -0.491 e. The van der Waals surface area contributed by atoms with Crippen LogP contribution >= 0.6 is 0 Å². The molecule has 0 aliphatic heterocycles. The summed E-state index contributed by atoms with van der Waals surface area (Å²) in [5.41, 5.74) is -1.25. The number of methoxy groups -OCH3 is 1. The average molecular weight is 519 g/mol. The lowest BCUT2D eigenvalue weighted by atomic mass is 10.1. The maximum atomic E-state index is 13.0. The van der Waals surface area contributed by atoms with Crippen molar-refractivity contribution in [2.45, 2.75) is 66.2 Å². The maximum Gasteiger partial charge on any atom is 0.420 e. The SMILES string of the molecule is CCOc1c(CN(C(=O)OC(C)(C)C)C(=O)OC(C)(C)C)cccc1Nc1nc(OC)ccc1[N+](=O)[O-]. The highest BCUT2D eigenvalue weighted by atomic mass is 16.6. The molecular formula is C25H34N4O8. The van der Waals surface area contributed by atoms with Gasteiger partial charge in [-0.05, 0) is 54.5 Å². The molecule has 0 spiro atoms. The van der Waals surface area contributed by atoms with Gasteiger partial charge in [0.05, 0.1) is 30.9 Å². The van der Waals surface area contributed by atoms with Crippen LogP contribution in [0.3, 0.4) is 0 Å². The Morgan fingerprint density at radius 2 is 1.62 bits per heavy atom. The minimum atomic E-state index is -0.896. The Morgan fingerprint density at radius 3 is 2.11 bits per heavy atom. The van der Waals surface area contributed by atoms with Gasteiger partial charge in [0, 0.05) is 17.7 Å². The van der Waals surface area contributed by atoms with Gasteiger partial charge in [0.2, 0.25) is 11.7 Å². The van der Waals surface area contributed by atoms with Crippen LogP contribution in [0.4, 0.5) is 26.8 Å². The van der Waals surface area contributed by atoms with Crippen molar-refractivity contribution in [2.24, 2.45) is 0 Å². The van der Waals surface area contributed by atoms with Gasteiger partial charge in [-0.1, -0.05) is 12.1 Å². The lowest BCUT2D eigenvalue weighted by Gasteiger charge is -2.29. The molecule has 1 aromatic heterocycles. The van der Waals surface area contributed by atoms with E-state index in [0.29, 0.717) is 11.3 Å². The zero-order chi connectivity index (χ0) is 28.0. The number of hydrogen-bond acceptors (Lipinski definition) is 10. The molecule has 2 amide bonds. The van der Waals surface area contributed by atoms with Gasteiger partial charge in [0.25, 0.3) is 0 Å². The smallest absolute Gasteiger partial charge is 0.420 e. The zero-order valence-corrected chi connectivity index (χ0v) is 22.4. The zero-order valence-electron chi connectivity index (χ0n) is 22.4. The second kappa shape index (κ2) is 11.8. The van der Waals surface area contributed by atoms with Gasteiger partial charge in [0.15, 0.2) is 0 Å². The third-order valence-electron chi connectivity index (χ3n) is 4.45. The van der Waals surface area contributed by atoms with Gasteiger partial charge in [0.1, 0.15) is 17.0 Å². The summed E-state index contributed by atoms with van der Waals surface area (Å²) in [5, 5.41) is 14.5. The van der Waals surface area contributed by atoms with Gasteiger partial charge < -0.3 is 24.3 Å². The van der Waals surface area contributed by atoms with E-state index in [9.17, 15) is 19.7 Å². The van der Waals surface area contributed by atoms with Crippen molar-refractivity contribution >= 4 is 29.4 Å². The molecule has 2 rings (SSSR count). The molecule has 0 unspecified atom stereocenters. The van der Waals surface area contributed by atoms with Crippen LogP contribution in [0.25, 0.3) is 0 Å². The van der Waals surface area contributed by atoms with Gasteiger partial charge in [-0.15, -0.1) is 0 Å². The Bertz CT molecular complexity index is 1110. The van der Waals surface area contributed by atoms with Crippen molar-refractivity contribution in [3.05, 3.63) is 46.0 Å². The Labute approximate surface area is 216 Å². The van der Waals surface area contributed by atoms with Crippen molar-refractivity contribution in [3.8, 4) is 11.6 Å². The number of carbonyl (C=O) groups is 2. The van der Waals surface area contributed by atoms with E-state index in [4.69, 9.17) is 18.9 Å². The third kappa shape index (κ3) is 8.51. The van der Waals surface area contributed by atoms with Crippen LogP contribution in [-0.2, 0) is 16.0 Å². The highest BCUT2D eigenvalue weighted by Crippen LogP contribution is 2.36. The summed E-state index contributed by atoms with van der Waals surface area (Å²) >= 11 is 0. The summed E-state index contributed by atoms with van der Waals surface area (Å²) in [6.45, 7) is 11.8. The first-order chi connectivity index (χ1) is 17.1. The molecule has 0 fully saturated rings. The Hall–Kier alpha value is -4.09. The van der Waals surface area contributed by atoms with Gasteiger partial charge >= 0.3 is 17.9 Å². The number of para-hydroxylation sites is 1. The number of nitro groups is 1. The quantitative estimate of drug-likeness (QED) is 0.336. The lowest BCUT2D eigenvalue weighted by molar-refractivity contribution is -0.384. The van der Waals surface area contributed by atoms with Gasteiger partial charge in [-0.3, -0.25) is 10.1 Å². The number of amides is 2. The second-order valence-corrected chi connectivity index (χ2v) is 9.88. The molecule has 0 saturated carbocycles. The second-order valence-electron chi connectivity index (χ2n) is 9.88. The number of aromatic nitrogens is 1. The molecule has 12 nitrogen and oxygen atoms in total. The van der Waals surface area contributed by atoms with E-state index in [1.807, 2.05) is 0 Å². The number of rotatable bonds is 8. The lowest BCUT2D eigenvalue weighted by Crippen LogP contribution is -2.43. The van der Waals surface area contributed by atoms with E-state index >= 15 is 0 Å². The Kier molecular flexibility index (Phi) is 9.26. The monoisotopic (exact) mass is 518 g/mol. The van der Waals surface area contributed by atoms with Crippen molar-refractivity contribution < 1.29 is 33.5 Å². The van der Waals surface area contributed by atoms with E-state index in [0.717, 1.165) is 4.90 Å². The summed E-state index contributed by atoms with van der Waals surface area (Å²) in [5.74, 6) is 0.364. The van der Waals surface area contributed by atoms with Crippen LogP contribution in [0.1, 0.15) is 54.0 Å². The maximum absolute atomic E-state index is 13.0. The normalized spacial score (nSPS) is 11.4. The van der Waals surface area contributed by atoms with E-state index in [1.165, 1.54) is 19.2 Å². The fourth-order valence-electron chi connectivity index (χ4n) is 3.05. The molecule has 12 heteroatoms. The molecule has 0 radical (unpaired) electrons. The molecule has 0 aliphatic rings. The van der Waals surface area contributed by atoms with E-state index in [-0.39, 0.29) is 36.3 Å². The highest BCUT2D eigenvalue weighted by molar-refractivity contribution is 5.88. The molecule has 1 N–H and O–H groups in total. The number of nitrogens with zero attached hydrogens (tertiary/aromatic N) is 3. The fourth-order valence-corrected chi connectivity index (χ4v) is 3.05. The Balaban J connectivity index is 2.53. The van der Waals surface area contributed by atoms with Crippen LogP contribution in [0, 0.1) is 10.1 Å². The molecule has 0 bridgehead atoms. The summed E-state index contributed by atoms with van der Waals surface area (Å²) in [4.78, 5) is 41.9. The van der Waals surface area contributed by atoms with Crippen molar-refractivity contribution in [3.63, 3.8) is 0 Å². The van der Waals surface area contributed by atoms with Gasteiger partial charge in [-0.2, -0.15) is 4.98 Å². The number of imide groups is 1. The fraction of sp³-hybridized carbons (Fsp3) is 0.480. The molecule has 37 heavy (non-hydrogen) atoms. The van der Waals surface area contributed by atoms with Crippen molar-refractivity contribution in [1.82, 2.24) is 9.88 Å². The number of nitrogens with one attached hydrogen (secondary N) is 1. The van der Waals surface area contributed by atoms with Crippen molar-refractivity contribution in [2.75, 3.05) is 19.0 Å². The molecule has 2 aromatic rings. The standard InChI is InChI=1S/C25H34N4O8/c1-9-35-20-16(15-28(22(30)36-24(2,3)4)23(31)37-25(5,6)7)11-10-12-17(20)26-21-18(29(32)33)13-14-19(27-21)34-8/h10-14H,9,15H2,1-8H3,(H,26,27). The first-order valence-corrected chi connectivity index (χ1v) is 11.6. The molecule has 1 aromatic carbocycles. The number of ether oxygens (including phenoxy) is 4. The van der Waals surface area contributed by atoms with Gasteiger partial charge in [-0.25, -0.2) is 14.5 Å². The van der Waals surface area contributed by atoms with E-state index < -0.39 is 28.3 Å². The van der Waals surface area contributed by atoms with Crippen LogP contribution in [0.5, 0.6) is 11.6 Å². The number of pyridine rings is 1. The molecule has 202 valence electrons. The minimum absolute atomic E-state index is 0.0707. The molecule has 0 aliphatic carbocycles. The summed E-state index contributed by atoms with van der Waals surface area (Å²) < 4.78 is 21.8. The van der Waals surface area contributed by atoms with Crippen LogP contribution < -0.4 is 14.8 Å². The number of benzene rings is 1. The topological polar surface area (TPSA) is 142 Å². The summed E-state index contributed by atoms with van der Waals surface area (Å²) in [6, 6.07) is 7.58. The third-order valence-corrected chi connectivity index (χ3v) is 4.45. The molecule has 0 atom stereocenters. The average Bonchev–Trinajstić information content (AvgIpc) is 2.76. The number of anilines is 2. The summed E-state index contributed by atoms with van der Waals surface area (Å²) in [6.07, 6.45) is -1.79. The Morgan fingerprint density at radius 1 is 1.03 bits per heavy atom. The first kappa shape index (κ1) is 29.1. The largest absolute Gasteiger partial charge is 0.491 e. The molecule has 1 heterocycles. The molecular weight excluding hydrogens is 484 g/mol. The number of hydrogen-bond donors (Lipinski definition) is 1. The van der Waals surface area contributed by atoms with E-state index in [2.05, 4.69) is 10.3 Å². The van der Waals surface area contributed by atoms with Crippen molar-refractivity contribution in [1.29, 1.82) is 0 Å². The van der Waals surface area contributed by atoms with E-state index in [1.54, 1.807) is 66.7 Å². The molecule has 0 saturated heterocycles. The highest BCUT2D eigenvalue weighted by Gasteiger charge is 2.32. The summed E-state index contributed by atoms with van der Waals surface area (Å²) in [7, 11) is 1.39. The van der Waals surface area contributed by atoms with Crippen LogP contribution in [0.15, 0.2) is 30.3 Å². The van der Waals surface area contributed by atoms with Crippen LogP contribution in [0.2, 0.25) is 0 Å². The number of carbonyl (C=O) groups excluding carboxylic acids is 2. The first-order valence-electron chi connectivity index (χ1n) is 11.6.